The fraction of sp³-hybridized carbons (Fsp3) is 0.407. The van der Waals surface area contributed by atoms with Crippen molar-refractivity contribution in [3.63, 3.8) is 0 Å². The molecule has 2 aromatic rings. The van der Waals surface area contributed by atoms with Gasteiger partial charge in [-0.05, 0) is 48.8 Å². The number of aliphatic hydroxyl groups is 1. The quantitative estimate of drug-likeness (QED) is 0.378. The summed E-state index contributed by atoms with van der Waals surface area (Å²) in [5.41, 5.74) is 2.32. The second-order valence-electron chi connectivity index (χ2n) is 9.74. The molecule has 7 heteroatoms. The zero-order valence-electron chi connectivity index (χ0n) is 21.0. The largest absolute Gasteiger partial charge is 0.507 e. The second kappa shape index (κ2) is 9.89. The van der Waals surface area contributed by atoms with Crippen LogP contribution in [0.15, 0.2) is 48.0 Å². The molecule has 34 heavy (non-hydrogen) atoms. The van der Waals surface area contributed by atoms with Crippen LogP contribution in [0.5, 0.6) is 11.5 Å². The Morgan fingerprint density at radius 3 is 2.15 bits per heavy atom. The van der Waals surface area contributed by atoms with Crippen LogP contribution in [0.2, 0.25) is 0 Å². The van der Waals surface area contributed by atoms with Crippen molar-refractivity contribution >= 4 is 17.4 Å². The summed E-state index contributed by atoms with van der Waals surface area (Å²) in [6, 6.07) is 12.1. The predicted octanol–water partition coefficient (Wildman–Crippen LogP) is 3.98. The molecule has 7 nitrogen and oxygen atoms in total. The number of ketones is 1. The van der Waals surface area contributed by atoms with Crippen molar-refractivity contribution < 1.29 is 24.2 Å². The number of hydrogen-bond donors (Lipinski definition) is 1. The predicted molar refractivity (Wildman–Crippen MR) is 132 cm³/mol. The van der Waals surface area contributed by atoms with Crippen molar-refractivity contribution in [2.45, 2.75) is 32.2 Å². The first kappa shape index (κ1) is 25.3. The van der Waals surface area contributed by atoms with Crippen molar-refractivity contribution in [3.8, 4) is 11.5 Å². The number of ether oxygens (including phenoxy) is 2. The fourth-order valence-electron chi connectivity index (χ4n) is 4.07. The third kappa shape index (κ3) is 4.94. The maximum atomic E-state index is 13.2. The number of likely N-dealkylation sites (tertiary alicyclic amines) is 1. The van der Waals surface area contributed by atoms with Gasteiger partial charge in [-0.1, -0.05) is 45.0 Å². The van der Waals surface area contributed by atoms with E-state index in [9.17, 15) is 14.7 Å². The Bertz CT molecular complexity index is 1100. The number of aliphatic hydroxyl groups excluding tert-OH is 1. The number of rotatable bonds is 7. The molecule has 0 unspecified atom stereocenters. The summed E-state index contributed by atoms with van der Waals surface area (Å²) in [4.78, 5) is 29.7. The van der Waals surface area contributed by atoms with Crippen LogP contribution in [0.1, 0.15) is 43.5 Å². The number of hydrogen-bond acceptors (Lipinski definition) is 6. The minimum atomic E-state index is -0.698. The standard InChI is InChI=1S/C27H34N2O5/c1-27(2,3)19-11-8-17(9-12-19)23-22(25(31)26(32)29(23)15-14-28(4)5)24(30)18-10-13-20(33-6)21(16-18)34-7/h8-13,16,23,30H,14-15H2,1-7H3/b24-22+/t23-/m1/s1. The Hall–Kier alpha value is -3.32. The third-order valence-electron chi connectivity index (χ3n) is 6.08. The van der Waals surface area contributed by atoms with Crippen molar-refractivity contribution in [3.05, 3.63) is 64.7 Å². The minimum absolute atomic E-state index is 0.0368. The van der Waals surface area contributed by atoms with Crippen molar-refractivity contribution in [2.75, 3.05) is 41.4 Å². The molecule has 0 aromatic heterocycles. The minimum Gasteiger partial charge on any atom is -0.507 e. The van der Waals surface area contributed by atoms with Gasteiger partial charge in [0.2, 0.25) is 0 Å². The summed E-state index contributed by atoms with van der Waals surface area (Å²) >= 11 is 0. The molecule has 0 bridgehead atoms. The van der Waals surface area contributed by atoms with E-state index in [0.717, 1.165) is 11.1 Å². The number of amides is 1. The van der Waals surface area contributed by atoms with Gasteiger partial charge < -0.3 is 24.4 Å². The summed E-state index contributed by atoms with van der Waals surface area (Å²) in [7, 11) is 6.84. The van der Waals surface area contributed by atoms with E-state index in [1.807, 2.05) is 43.3 Å². The summed E-state index contributed by atoms with van der Waals surface area (Å²) in [5.74, 6) is -0.638. The first-order chi connectivity index (χ1) is 16.0. The Balaban J connectivity index is 2.16. The van der Waals surface area contributed by atoms with E-state index in [4.69, 9.17) is 9.47 Å². The highest BCUT2D eigenvalue weighted by molar-refractivity contribution is 6.46. The molecule has 1 saturated heterocycles. The Morgan fingerprint density at radius 1 is 1.00 bits per heavy atom. The summed E-state index contributed by atoms with van der Waals surface area (Å²) in [5, 5.41) is 11.3. The highest BCUT2D eigenvalue weighted by Gasteiger charge is 2.46. The average Bonchev–Trinajstić information content (AvgIpc) is 3.06. The van der Waals surface area contributed by atoms with Gasteiger partial charge >= 0.3 is 0 Å². The molecule has 1 aliphatic rings. The maximum Gasteiger partial charge on any atom is 0.295 e. The molecule has 3 rings (SSSR count). The number of carbonyl (C=O) groups excluding carboxylic acids is 2. The Kier molecular flexibility index (Phi) is 7.36. The zero-order chi connectivity index (χ0) is 25.2. The normalized spacial score (nSPS) is 18.0. The second-order valence-corrected chi connectivity index (χ2v) is 9.74. The average molecular weight is 467 g/mol. The lowest BCUT2D eigenvalue weighted by Gasteiger charge is -2.27. The van der Waals surface area contributed by atoms with Gasteiger partial charge in [0.25, 0.3) is 11.7 Å². The number of carbonyl (C=O) groups is 2. The first-order valence-corrected chi connectivity index (χ1v) is 11.3. The Morgan fingerprint density at radius 2 is 1.62 bits per heavy atom. The lowest BCUT2D eigenvalue weighted by molar-refractivity contribution is -0.140. The van der Waals surface area contributed by atoms with Crippen LogP contribution in [-0.2, 0) is 15.0 Å². The van der Waals surface area contributed by atoms with Gasteiger partial charge in [-0.15, -0.1) is 0 Å². The van der Waals surface area contributed by atoms with Gasteiger partial charge in [0.05, 0.1) is 25.8 Å². The van der Waals surface area contributed by atoms with Crippen molar-refractivity contribution in [2.24, 2.45) is 0 Å². The van der Waals surface area contributed by atoms with Crippen LogP contribution in [0.4, 0.5) is 0 Å². The van der Waals surface area contributed by atoms with Gasteiger partial charge in [0.15, 0.2) is 11.5 Å². The number of Topliss-reactive ketones (excluding diaryl/α,β-unsaturated/α-hetero) is 1. The maximum absolute atomic E-state index is 13.2. The molecular weight excluding hydrogens is 432 g/mol. The Labute approximate surface area is 201 Å². The van der Waals surface area contributed by atoms with Crippen LogP contribution in [-0.4, -0.2) is 68.0 Å². The third-order valence-corrected chi connectivity index (χ3v) is 6.08. The molecule has 1 heterocycles. The van der Waals surface area contributed by atoms with Crippen molar-refractivity contribution in [1.29, 1.82) is 0 Å². The lowest BCUT2D eigenvalue weighted by atomic mass is 9.85. The molecule has 0 spiro atoms. The van der Waals surface area contributed by atoms with E-state index < -0.39 is 17.7 Å². The molecule has 1 fully saturated rings. The molecule has 0 saturated carbocycles. The van der Waals surface area contributed by atoms with Gasteiger partial charge in [0, 0.05) is 18.7 Å². The van der Waals surface area contributed by atoms with Crippen LogP contribution >= 0.6 is 0 Å². The van der Waals surface area contributed by atoms with Gasteiger partial charge in [-0.3, -0.25) is 9.59 Å². The molecule has 1 aliphatic heterocycles. The van der Waals surface area contributed by atoms with Gasteiger partial charge in [0.1, 0.15) is 5.76 Å². The molecular formula is C27H34N2O5. The molecule has 182 valence electrons. The van der Waals surface area contributed by atoms with E-state index in [-0.39, 0.29) is 16.7 Å². The molecule has 0 aliphatic carbocycles. The molecule has 0 radical (unpaired) electrons. The first-order valence-electron chi connectivity index (χ1n) is 11.3. The van der Waals surface area contributed by atoms with Crippen LogP contribution in [0.3, 0.4) is 0 Å². The monoisotopic (exact) mass is 466 g/mol. The van der Waals surface area contributed by atoms with E-state index in [1.54, 1.807) is 23.1 Å². The van der Waals surface area contributed by atoms with E-state index >= 15 is 0 Å². The zero-order valence-corrected chi connectivity index (χ0v) is 21.0. The highest BCUT2D eigenvalue weighted by atomic mass is 16.5. The van der Waals surface area contributed by atoms with Crippen molar-refractivity contribution in [1.82, 2.24) is 9.80 Å². The molecule has 2 aromatic carbocycles. The summed E-state index contributed by atoms with van der Waals surface area (Å²) in [6.45, 7) is 7.32. The van der Waals surface area contributed by atoms with E-state index in [2.05, 4.69) is 20.8 Å². The van der Waals surface area contributed by atoms with Crippen LogP contribution < -0.4 is 9.47 Å². The van der Waals surface area contributed by atoms with E-state index in [0.29, 0.717) is 30.2 Å². The van der Waals surface area contributed by atoms with Gasteiger partial charge in [-0.25, -0.2) is 0 Å². The highest BCUT2D eigenvalue weighted by Crippen LogP contribution is 2.41. The van der Waals surface area contributed by atoms with E-state index in [1.165, 1.54) is 14.2 Å². The SMILES string of the molecule is COc1ccc(/C(O)=C2\C(=O)C(=O)N(CCN(C)C)[C@@H]2c2ccc(C(C)(C)C)cc2)cc1OC. The fourth-order valence-corrected chi connectivity index (χ4v) is 4.07. The number of methoxy groups -OCH3 is 2. The molecule has 1 atom stereocenters. The smallest absolute Gasteiger partial charge is 0.295 e. The summed E-state index contributed by atoms with van der Waals surface area (Å²) < 4.78 is 10.6. The molecule has 1 N–H and O–H groups in total. The number of benzene rings is 2. The summed E-state index contributed by atoms with van der Waals surface area (Å²) in [6.07, 6.45) is 0. The topological polar surface area (TPSA) is 79.3 Å². The van der Waals surface area contributed by atoms with Gasteiger partial charge in [-0.2, -0.15) is 0 Å². The van der Waals surface area contributed by atoms with Crippen LogP contribution in [0, 0.1) is 0 Å². The molecule has 1 amide bonds. The van der Waals surface area contributed by atoms with Crippen LogP contribution in [0.25, 0.3) is 5.76 Å². The number of likely N-dealkylation sites (N-methyl/N-ethyl adjacent to an activating group) is 1. The number of nitrogens with zero attached hydrogens (tertiary/aromatic N) is 2. The lowest BCUT2D eigenvalue weighted by Crippen LogP contribution is -2.35.